The molecule has 0 spiro atoms. The molecule has 53 heavy (non-hydrogen) atoms. The van der Waals surface area contributed by atoms with Crippen LogP contribution >= 0.6 is 0 Å². The third kappa shape index (κ3) is 10.6. The first kappa shape index (κ1) is 43.9. The highest BCUT2D eigenvalue weighted by atomic mass is 16.5. The van der Waals surface area contributed by atoms with E-state index in [4.69, 9.17) is 9.47 Å². The van der Waals surface area contributed by atoms with Crippen molar-refractivity contribution in [3.63, 3.8) is 0 Å². The molecule has 4 amide bonds. The summed E-state index contributed by atoms with van der Waals surface area (Å²) in [4.78, 5) is 73.0. The number of carboxylic acid groups (broad SMARTS) is 1. The van der Waals surface area contributed by atoms with Crippen molar-refractivity contribution in [2.45, 2.75) is 128 Å². The molecule has 0 aromatic heterocycles. The van der Waals surface area contributed by atoms with Crippen LogP contribution in [0.15, 0.2) is 30.3 Å². The van der Waals surface area contributed by atoms with Gasteiger partial charge in [-0.25, -0.2) is 4.79 Å². The second-order valence-electron chi connectivity index (χ2n) is 15.7. The number of likely N-dealkylation sites (tertiary alicyclic amines) is 2. The second kappa shape index (κ2) is 19.7. The van der Waals surface area contributed by atoms with Crippen LogP contribution < -0.4 is 10.6 Å². The van der Waals surface area contributed by atoms with Gasteiger partial charge in [-0.3, -0.25) is 24.1 Å². The second-order valence-corrected chi connectivity index (χ2v) is 15.7. The van der Waals surface area contributed by atoms with Gasteiger partial charge in [0.15, 0.2) is 0 Å². The number of methoxy groups -OCH3 is 2. The minimum absolute atomic E-state index is 0.00360. The number of aliphatic carboxylic acids is 1. The van der Waals surface area contributed by atoms with E-state index in [2.05, 4.69) is 10.6 Å². The summed E-state index contributed by atoms with van der Waals surface area (Å²) < 4.78 is 11.9. The molecule has 7 unspecified atom stereocenters. The van der Waals surface area contributed by atoms with E-state index < -0.39 is 59.7 Å². The van der Waals surface area contributed by atoms with Crippen LogP contribution in [0.4, 0.5) is 0 Å². The van der Waals surface area contributed by atoms with Crippen LogP contribution in [-0.4, -0.2) is 133 Å². The topological polar surface area (TPSA) is 158 Å². The Morgan fingerprint density at radius 3 is 2.19 bits per heavy atom. The molecule has 0 bridgehead atoms. The zero-order valence-corrected chi connectivity index (χ0v) is 33.6. The van der Waals surface area contributed by atoms with Gasteiger partial charge in [-0.05, 0) is 63.6 Å². The van der Waals surface area contributed by atoms with Crippen molar-refractivity contribution in [2.24, 2.45) is 17.8 Å². The highest BCUT2D eigenvalue weighted by molar-refractivity contribution is 5.92. The summed E-state index contributed by atoms with van der Waals surface area (Å²) in [5.74, 6) is -3.14. The van der Waals surface area contributed by atoms with Crippen LogP contribution in [0, 0.1) is 17.8 Å². The molecule has 3 rings (SSSR count). The van der Waals surface area contributed by atoms with Crippen molar-refractivity contribution in [3.8, 4) is 0 Å². The number of likely N-dealkylation sites (N-methyl/N-ethyl adjacent to an activating group) is 2. The maximum Gasteiger partial charge on any atom is 0.326 e. The Bertz CT molecular complexity index is 1390. The lowest BCUT2D eigenvalue weighted by Gasteiger charge is -2.41. The number of rotatable bonds is 19. The van der Waals surface area contributed by atoms with Gasteiger partial charge < -0.3 is 35.0 Å². The lowest BCUT2D eigenvalue weighted by atomic mass is 9.89. The van der Waals surface area contributed by atoms with Gasteiger partial charge in [0.25, 0.3) is 0 Å². The summed E-state index contributed by atoms with van der Waals surface area (Å²) in [6.07, 6.45) is 2.48. The average molecular weight is 744 g/mol. The minimum atomic E-state index is -1.14. The Labute approximate surface area is 316 Å². The normalized spacial score (nSPS) is 23.1. The summed E-state index contributed by atoms with van der Waals surface area (Å²) in [6, 6.07) is 6.34. The summed E-state index contributed by atoms with van der Waals surface area (Å²) in [5, 5.41) is 15.6. The van der Waals surface area contributed by atoms with E-state index in [0.717, 1.165) is 31.4 Å². The fourth-order valence-electron chi connectivity index (χ4n) is 8.07. The predicted octanol–water partition coefficient (Wildman–Crippen LogP) is 3.34. The van der Waals surface area contributed by atoms with Gasteiger partial charge in [0.1, 0.15) is 12.1 Å². The van der Waals surface area contributed by atoms with Gasteiger partial charge >= 0.3 is 5.97 Å². The zero-order valence-electron chi connectivity index (χ0n) is 33.6. The molecule has 2 aliphatic rings. The van der Waals surface area contributed by atoms with Crippen molar-refractivity contribution in [1.82, 2.24) is 25.3 Å². The Kier molecular flexibility index (Phi) is 16.3. The first-order chi connectivity index (χ1) is 25.0. The standard InChI is InChI=1S/C40H65N5O8/c1-11-26(4)34(44(8)37(48)33(25(2)3)42-39(51)40(6)20-16-21-43(40)7)31(52-9)24-32(46)45-22-15-19-30(45)35(53-10)27(5)36(47)41-29(38(49)50)23-28-17-13-12-14-18-28/h12-14,17-18,25-27,29-31,33-35H,11,15-16,19-24H2,1-10H3,(H,41,47)(H,42,51)(H,49,50)/t26?,27?,29?,30-,31?,33?,34?,35?,40-/m0/s1. The number of ether oxygens (including phenoxy) is 2. The molecular formula is C40H65N5O8. The fraction of sp³-hybridized carbons (Fsp3) is 0.725. The van der Waals surface area contributed by atoms with Crippen molar-refractivity contribution < 1.29 is 38.6 Å². The van der Waals surface area contributed by atoms with Crippen LogP contribution in [0.25, 0.3) is 0 Å². The average Bonchev–Trinajstić information content (AvgIpc) is 3.76. The fourth-order valence-corrected chi connectivity index (χ4v) is 8.07. The lowest BCUT2D eigenvalue weighted by Crippen LogP contribution is -2.61. The molecule has 13 nitrogen and oxygen atoms in total. The van der Waals surface area contributed by atoms with Crippen LogP contribution in [0.2, 0.25) is 0 Å². The molecule has 1 aromatic carbocycles. The Morgan fingerprint density at radius 1 is 1.00 bits per heavy atom. The van der Waals surface area contributed by atoms with Crippen LogP contribution in [-0.2, 0) is 39.9 Å². The van der Waals surface area contributed by atoms with E-state index >= 15 is 0 Å². The summed E-state index contributed by atoms with van der Waals surface area (Å²) in [5.41, 5.74) is 0.101. The highest BCUT2D eigenvalue weighted by Crippen LogP contribution is 2.31. The van der Waals surface area contributed by atoms with Gasteiger partial charge in [-0.1, -0.05) is 71.4 Å². The van der Waals surface area contributed by atoms with Gasteiger partial charge in [0, 0.05) is 34.2 Å². The minimum Gasteiger partial charge on any atom is -0.480 e. The van der Waals surface area contributed by atoms with Gasteiger partial charge in [-0.2, -0.15) is 0 Å². The number of benzene rings is 1. The van der Waals surface area contributed by atoms with Crippen molar-refractivity contribution >= 4 is 29.6 Å². The predicted molar refractivity (Wildman–Crippen MR) is 203 cm³/mol. The maximum absolute atomic E-state index is 14.2. The zero-order chi connectivity index (χ0) is 39.6. The monoisotopic (exact) mass is 743 g/mol. The third-order valence-electron chi connectivity index (χ3n) is 11.9. The van der Waals surface area contributed by atoms with E-state index in [9.17, 15) is 29.1 Å². The number of nitrogens with one attached hydrogen (secondary N) is 2. The molecule has 2 fully saturated rings. The number of carbonyl (C=O) groups excluding carboxylic acids is 4. The van der Waals surface area contributed by atoms with Gasteiger partial charge in [0.2, 0.25) is 23.6 Å². The summed E-state index contributed by atoms with van der Waals surface area (Å²) in [6.45, 7) is 12.8. The molecule has 9 atom stereocenters. The van der Waals surface area contributed by atoms with Gasteiger partial charge in [-0.15, -0.1) is 0 Å². The molecule has 0 aliphatic carbocycles. The first-order valence-electron chi connectivity index (χ1n) is 19.2. The SMILES string of the molecule is CCC(C)C(C(CC(=O)N1CCC[C@H]1C(OC)C(C)C(=O)NC(Cc1ccccc1)C(=O)O)OC)N(C)C(=O)C(NC(=O)[C@]1(C)CCCN1C)C(C)C. The number of hydrogen-bond acceptors (Lipinski definition) is 8. The molecular weight excluding hydrogens is 678 g/mol. The third-order valence-corrected chi connectivity index (χ3v) is 11.9. The van der Waals surface area contributed by atoms with Crippen LogP contribution in [0.1, 0.15) is 85.6 Å². The van der Waals surface area contributed by atoms with E-state index in [-0.39, 0.29) is 42.4 Å². The number of hydrogen-bond donors (Lipinski definition) is 3. The lowest BCUT2D eigenvalue weighted by molar-refractivity contribution is -0.148. The van der Waals surface area contributed by atoms with E-state index in [1.165, 1.54) is 7.11 Å². The van der Waals surface area contributed by atoms with Gasteiger partial charge in [0.05, 0.1) is 42.2 Å². The molecule has 0 radical (unpaired) electrons. The highest BCUT2D eigenvalue weighted by Gasteiger charge is 2.45. The van der Waals surface area contributed by atoms with Crippen molar-refractivity contribution in [1.29, 1.82) is 0 Å². The molecule has 1 aromatic rings. The molecule has 2 aliphatic heterocycles. The smallest absolute Gasteiger partial charge is 0.326 e. The van der Waals surface area contributed by atoms with E-state index in [1.54, 1.807) is 30.9 Å². The van der Waals surface area contributed by atoms with Crippen molar-refractivity contribution in [3.05, 3.63) is 35.9 Å². The molecule has 2 saturated heterocycles. The number of nitrogens with zero attached hydrogens (tertiary/aromatic N) is 3. The van der Waals surface area contributed by atoms with E-state index in [0.29, 0.717) is 19.4 Å². The molecule has 3 N–H and O–H groups in total. The molecule has 298 valence electrons. The van der Waals surface area contributed by atoms with Crippen LogP contribution in [0.3, 0.4) is 0 Å². The summed E-state index contributed by atoms with van der Waals surface area (Å²) in [7, 11) is 6.70. The molecule has 13 heteroatoms. The maximum atomic E-state index is 14.2. The number of carbonyl (C=O) groups is 5. The quantitative estimate of drug-likeness (QED) is 0.193. The van der Waals surface area contributed by atoms with Crippen molar-refractivity contribution in [2.75, 3.05) is 41.4 Å². The Morgan fingerprint density at radius 2 is 1.66 bits per heavy atom. The molecule has 2 heterocycles. The van der Waals surface area contributed by atoms with E-state index in [1.807, 2.05) is 76.9 Å². The Hall–Kier alpha value is -3.55. The molecule has 0 saturated carbocycles. The summed E-state index contributed by atoms with van der Waals surface area (Å²) >= 11 is 0. The first-order valence-corrected chi connectivity index (χ1v) is 19.2. The number of amides is 4. The van der Waals surface area contributed by atoms with Crippen LogP contribution in [0.5, 0.6) is 0 Å². The Balaban J connectivity index is 1.77. The number of carboxylic acids is 1. The largest absolute Gasteiger partial charge is 0.480 e.